The Balaban J connectivity index is 1.61. The van der Waals surface area contributed by atoms with Crippen LogP contribution in [0, 0.1) is 0 Å². The maximum Gasteiger partial charge on any atom is 0.339 e. The zero-order valence-electron chi connectivity index (χ0n) is 15.7. The summed E-state index contributed by atoms with van der Waals surface area (Å²) in [6.45, 7) is 5.80. The fourth-order valence-corrected chi connectivity index (χ4v) is 3.48. The molecule has 142 valence electrons. The van der Waals surface area contributed by atoms with Gasteiger partial charge in [0, 0.05) is 11.1 Å². The van der Waals surface area contributed by atoms with Gasteiger partial charge in [-0.1, -0.05) is 38.1 Å². The molecule has 1 unspecified atom stereocenters. The van der Waals surface area contributed by atoms with Crippen LogP contribution in [0.25, 0.3) is 21.7 Å². The van der Waals surface area contributed by atoms with E-state index in [0.29, 0.717) is 11.5 Å². The second kappa shape index (κ2) is 7.52. The number of hydrogen-bond acceptors (Lipinski definition) is 7. The van der Waals surface area contributed by atoms with Gasteiger partial charge in [-0.25, -0.2) is 4.79 Å². The molecule has 28 heavy (non-hydrogen) atoms. The average molecular weight is 393 g/mol. The minimum atomic E-state index is -0.664. The van der Waals surface area contributed by atoms with E-state index in [1.165, 1.54) is 11.3 Å². The van der Waals surface area contributed by atoms with Gasteiger partial charge in [0.15, 0.2) is 6.10 Å². The van der Waals surface area contributed by atoms with Crippen molar-refractivity contribution in [2.75, 3.05) is 0 Å². The molecule has 7 heteroatoms. The van der Waals surface area contributed by atoms with E-state index < -0.39 is 12.1 Å². The lowest BCUT2D eigenvalue weighted by atomic mass is 10.0. The van der Waals surface area contributed by atoms with E-state index in [0.717, 1.165) is 21.5 Å². The van der Waals surface area contributed by atoms with Crippen molar-refractivity contribution in [1.82, 2.24) is 15.2 Å². The normalized spacial score (nSPS) is 12.4. The average Bonchev–Trinajstić information content (AvgIpc) is 3.38. The van der Waals surface area contributed by atoms with Crippen LogP contribution in [0.15, 0.2) is 52.3 Å². The fourth-order valence-electron chi connectivity index (χ4n) is 2.83. The SMILES string of the molecule is CC(C)c1cc(C(=O)OC(C)c2nnc(-c3cccs3)o2)c2ccccc2n1. The topological polar surface area (TPSA) is 78.1 Å². The number of nitrogens with zero attached hydrogens (tertiary/aromatic N) is 3. The van der Waals surface area contributed by atoms with Crippen molar-refractivity contribution in [3.05, 3.63) is 65.0 Å². The van der Waals surface area contributed by atoms with Gasteiger partial charge in [-0.2, -0.15) is 0 Å². The van der Waals surface area contributed by atoms with Crippen LogP contribution in [0.2, 0.25) is 0 Å². The van der Waals surface area contributed by atoms with E-state index in [-0.39, 0.29) is 11.8 Å². The predicted molar refractivity (Wildman–Crippen MR) is 107 cm³/mol. The Morgan fingerprint density at radius 3 is 2.68 bits per heavy atom. The first kappa shape index (κ1) is 18.3. The van der Waals surface area contributed by atoms with E-state index in [9.17, 15) is 4.79 Å². The Bertz CT molecular complexity index is 1120. The van der Waals surface area contributed by atoms with Gasteiger partial charge in [0.1, 0.15) is 0 Å². The number of carbonyl (C=O) groups excluding carboxylic acids is 1. The number of rotatable bonds is 5. The van der Waals surface area contributed by atoms with Gasteiger partial charge in [0.25, 0.3) is 11.8 Å². The van der Waals surface area contributed by atoms with E-state index in [2.05, 4.69) is 15.2 Å². The molecule has 6 nitrogen and oxygen atoms in total. The van der Waals surface area contributed by atoms with Crippen molar-refractivity contribution in [1.29, 1.82) is 0 Å². The molecule has 0 radical (unpaired) electrons. The molecule has 0 aliphatic rings. The highest BCUT2D eigenvalue weighted by atomic mass is 32.1. The van der Waals surface area contributed by atoms with E-state index in [1.807, 2.05) is 55.6 Å². The lowest BCUT2D eigenvalue weighted by molar-refractivity contribution is 0.0282. The quantitative estimate of drug-likeness (QED) is 0.423. The van der Waals surface area contributed by atoms with Crippen molar-refractivity contribution < 1.29 is 13.9 Å². The third-order valence-corrected chi connectivity index (χ3v) is 5.21. The van der Waals surface area contributed by atoms with Gasteiger partial charge in [0.2, 0.25) is 0 Å². The molecule has 0 saturated heterocycles. The highest BCUT2D eigenvalue weighted by Gasteiger charge is 2.22. The molecule has 0 aliphatic heterocycles. The van der Waals surface area contributed by atoms with Crippen molar-refractivity contribution in [3.8, 4) is 10.8 Å². The zero-order valence-corrected chi connectivity index (χ0v) is 16.6. The Hall–Kier alpha value is -3.06. The van der Waals surface area contributed by atoms with Crippen molar-refractivity contribution >= 4 is 28.2 Å². The number of aromatic nitrogens is 3. The van der Waals surface area contributed by atoms with Crippen LogP contribution in [0.4, 0.5) is 0 Å². The summed E-state index contributed by atoms with van der Waals surface area (Å²) in [5.41, 5.74) is 2.10. The lowest BCUT2D eigenvalue weighted by Crippen LogP contribution is -2.11. The molecule has 3 aromatic heterocycles. The standard InChI is InChI=1S/C21H19N3O3S/c1-12(2)17-11-15(14-7-4-5-8-16(14)22-17)21(25)26-13(3)19-23-24-20(27-19)18-9-6-10-28-18/h4-13H,1-3H3. The molecular formula is C21H19N3O3S. The maximum absolute atomic E-state index is 12.9. The smallest absolute Gasteiger partial charge is 0.339 e. The lowest BCUT2D eigenvalue weighted by Gasteiger charge is -2.13. The molecule has 0 amide bonds. The second-order valence-electron chi connectivity index (χ2n) is 6.74. The third kappa shape index (κ3) is 3.53. The molecular weight excluding hydrogens is 374 g/mol. The van der Waals surface area contributed by atoms with E-state index in [1.54, 1.807) is 13.0 Å². The summed E-state index contributed by atoms with van der Waals surface area (Å²) >= 11 is 1.51. The molecule has 1 atom stereocenters. The minimum absolute atomic E-state index is 0.192. The Morgan fingerprint density at radius 2 is 1.93 bits per heavy atom. The summed E-state index contributed by atoms with van der Waals surface area (Å²) < 4.78 is 11.3. The van der Waals surface area contributed by atoms with E-state index in [4.69, 9.17) is 9.15 Å². The van der Waals surface area contributed by atoms with Crippen LogP contribution < -0.4 is 0 Å². The molecule has 0 spiro atoms. The van der Waals surface area contributed by atoms with Crippen molar-refractivity contribution in [3.63, 3.8) is 0 Å². The maximum atomic E-state index is 12.9. The number of thiophene rings is 1. The molecule has 0 aliphatic carbocycles. The summed E-state index contributed by atoms with van der Waals surface area (Å²) in [6.07, 6.45) is -0.664. The van der Waals surface area contributed by atoms with Crippen LogP contribution in [0.5, 0.6) is 0 Å². The number of ether oxygens (including phenoxy) is 1. The van der Waals surface area contributed by atoms with E-state index >= 15 is 0 Å². The first-order valence-electron chi connectivity index (χ1n) is 9.01. The molecule has 4 rings (SSSR count). The highest BCUT2D eigenvalue weighted by Crippen LogP contribution is 2.28. The minimum Gasteiger partial charge on any atom is -0.449 e. The molecule has 4 aromatic rings. The van der Waals surface area contributed by atoms with Crippen LogP contribution in [0.3, 0.4) is 0 Å². The van der Waals surface area contributed by atoms with Crippen molar-refractivity contribution in [2.24, 2.45) is 0 Å². The predicted octanol–water partition coefficient (Wildman–Crippen LogP) is 5.39. The summed E-state index contributed by atoms with van der Waals surface area (Å²) in [4.78, 5) is 18.4. The Kier molecular flexibility index (Phi) is 4.92. The van der Waals surface area contributed by atoms with Crippen LogP contribution >= 0.6 is 11.3 Å². The second-order valence-corrected chi connectivity index (χ2v) is 7.68. The van der Waals surface area contributed by atoms with Crippen LogP contribution in [-0.2, 0) is 4.74 Å². The van der Waals surface area contributed by atoms with Crippen molar-refractivity contribution in [2.45, 2.75) is 32.8 Å². The van der Waals surface area contributed by atoms with Gasteiger partial charge in [-0.3, -0.25) is 4.98 Å². The summed E-state index contributed by atoms with van der Waals surface area (Å²) in [6, 6.07) is 13.2. The number of fused-ring (bicyclic) bond motifs is 1. The molecule has 0 bridgehead atoms. The Labute approximate surface area is 166 Å². The van der Waals surface area contributed by atoms with Gasteiger partial charge in [-0.15, -0.1) is 21.5 Å². The molecule has 0 N–H and O–H groups in total. The summed E-state index contributed by atoms with van der Waals surface area (Å²) in [5.74, 6) is 0.435. The zero-order chi connectivity index (χ0) is 19.7. The molecule has 3 heterocycles. The third-order valence-electron chi connectivity index (χ3n) is 4.35. The molecule has 0 fully saturated rings. The van der Waals surface area contributed by atoms with Gasteiger partial charge in [0.05, 0.1) is 16.0 Å². The monoisotopic (exact) mass is 393 g/mol. The number of esters is 1. The highest BCUT2D eigenvalue weighted by molar-refractivity contribution is 7.13. The summed E-state index contributed by atoms with van der Waals surface area (Å²) in [7, 11) is 0. The fraction of sp³-hybridized carbons (Fsp3) is 0.238. The summed E-state index contributed by atoms with van der Waals surface area (Å²) in [5, 5.41) is 10.8. The first-order chi connectivity index (χ1) is 13.5. The Morgan fingerprint density at radius 1 is 1.11 bits per heavy atom. The van der Waals surface area contributed by atoms with Crippen LogP contribution in [0.1, 0.15) is 54.7 Å². The number of hydrogen-bond donors (Lipinski definition) is 0. The van der Waals surface area contributed by atoms with Gasteiger partial charge in [-0.05, 0) is 36.4 Å². The number of pyridine rings is 1. The van der Waals surface area contributed by atoms with Gasteiger partial charge >= 0.3 is 5.97 Å². The number of benzene rings is 1. The number of para-hydroxylation sites is 1. The number of carbonyl (C=O) groups is 1. The first-order valence-corrected chi connectivity index (χ1v) is 9.89. The van der Waals surface area contributed by atoms with Crippen LogP contribution in [-0.4, -0.2) is 21.2 Å². The largest absolute Gasteiger partial charge is 0.449 e. The van der Waals surface area contributed by atoms with Gasteiger partial charge < -0.3 is 9.15 Å². The molecule has 0 saturated carbocycles. The molecule has 1 aromatic carbocycles.